The molecule has 134 valence electrons. The first kappa shape index (κ1) is 17.5. The maximum absolute atomic E-state index is 5.35. The minimum absolute atomic E-state index is 0.507. The number of ether oxygens (including phenoxy) is 4. The predicted octanol–water partition coefficient (Wildman–Crippen LogP) is 4.68. The highest BCUT2D eigenvalue weighted by Crippen LogP contribution is 2.41. The summed E-state index contributed by atoms with van der Waals surface area (Å²) in [4.78, 5) is 4.36. The molecule has 0 spiro atoms. The Bertz CT molecular complexity index is 932. The average Bonchev–Trinajstić information content (AvgIpc) is 2.70. The van der Waals surface area contributed by atoms with Crippen LogP contribution in [0.1, 0.15) is 0 Å². The van der Waals surface area contributed by atoms with Crippen LogP contribution in [-0.4, -0.2) is 33.4 Å². The second-order valence-electron chi connectivity index (χ2n) is 5.27. The molecule has 26 heavy (non-hydrogen) atoms. The lowest BCUT2D eigenvalue weighted by atomic mass is 10.1. The number of rotatable bonds is 6. The highest BCUT2D eigenvalue weighted by molar-refractivity contribution is 5.93. The first-order chi connectivity index (χ1) is 12.7. The lowest BCUT2D eigenvalue weighted by molar-refractivity contribution is 0.324. The van der Waals surface area contributed by atoms with Gasteiger partial charge in [-0.25, -0.2) is 0 Å². The molecule has 3 aromatic rings. The van der Waals surface area contributed by atoms with Crippen molar-refractivity contribution < 1.29 is 18.9 Å². The van der Waals surface area contributed by atoms with E-state index in [1.807, 2.05) is 24.3 Å². The average molecular weight is 353 g/mol. The van der Waals surface area contributed by atoms with Gasteiger partial charge in [-0.3, -0.25) is 4.98 Å². The van der Waals surface area contributed by atoms with Crippen molar-refractivity contribution in [2.24, 2.45) is 10.2 Å². The fourth-order valence-corrected chi connectivity index (χ4v) is 2.62. The summed E-state index contributed by atoms with van der Waals surface area (Å²) < 4.78 is 21.3. The number of hydrogen-bond acceptors (Lipinski definition) is 7. The minimum Gasteiger partial charge on any atom is -0.494 e. The van der Waals surface area contributed by atoms with E-state index in [2.05, 4.69) is 15.2 Å². The normalized spacial score (nSPS) is 10.9. The van der Waals surface area contributed by atoms with Gasteiger partial charge in [-0.1, -0.05) is 0 Å². The molecular formula is C19H19N3O4. The van der Waals surface area contributed by atoms with Crippen LogP contribution in [-0.2, 0) is 0 Å². The number of aromatic nitrogens is 1. The summed E-state index contributed by atoms with van der Waals surface area (Å²) in [5.41, 5.74) is 1.99. The van der Waals surface area contributed by atoms with Gasteiger partial charge in [-0.15, -0.1) is 5.11 Å². The molecule has 0 unspecified atom stereocenters. The van der Waals surface area contributed by atoms with Crippen LogP contribution in [0.25, 0.3) is 10.9 Å². The molecule has 7 nitrogen and oxygen atoms in total. The molecule has 0 N–H and O–H groups in total. The largest absolute Gasteiger partial charge is 0.494 e. The summed E-state index contributed by atoms with van der Waals surface area (Å²) in [6, 6.07) is 10.9. The highest BCUT2D eigenvalue weighted by atomic mass is 16.5. The number of azo groups is 1. The van der Waals surface area contributed by atoms with Crippen LogP contribution < -0.4 is 18.9 Å². The van der Waals surface area contributed by atoms with Gasteiger partial charge in [-0.05, 0) is 24.3 Å². The molecule has 0 amide bonds. The third-order valence-electron chi connectivity index (χ3n) is 3.85. The Labute approximate surface area is 151 Å². The number of fused-ring (bicyclic) bond motifs is 1. The topological polar surface area (TPSA) is 74.5 Å². The summed E-state index contributed by atoms with van der Waals surface area (Å²) in [5, 5.41) is 9.53. The molecule has 0 saturated carbocycles. The van der Waals surface area contributed by atoms with Crippen molar-refractivity contribution in [2.45, 2.75) is 0 Å². The van der Waals surface area contributed by atoms with Crippen LogP contribution in [0.5, 0.6) is 23.0 Å². The van der Waals surface area contributed by atoms with Crippen molar-refractivity contribution in [1.29, 1.82) is 0 Å². The molecule has 3 rings (SSSR count). The van der Waals surface area contributed by atoms with Crippen molar-refractivity contribution in [1.82, 2.24) is 4.98 Å². The SMILES string of the molecule is COc1cc(N=Nc2ccc(OC)c3ncccc23)cc(OC)c1OC. The molecule has 1 aromatic heterocycles. The molecule has 0 aliphatic rings. The standard InChI is InChI=1S/C19H19N3O4/c1-23-15-8-7-14(13-6-5-9-20-18(13)15)22-21-12-10-16(24-2)19(26-4)17(11-12)25-3/h5-11H,1-4H3. The zero-order chi connectivity index (χ0) is 18.5. The van der Waals surface area contributed by atoms with E-state index in [-0.39, 0.29) is 0 Å². The molecule has 7 heteroatoms. The van der Waals surface area contributed by atoms with E-state index in [9.17, 15) is 0 Å². The molecule has 0 aliphatic heterocycles. The van der Waals surface area contributed by atoms with Crippen molar-refractivity contribution in [2.75, 3.05) is 28.4 Å². The second kappa shape index (κ2) is 7.69. The molecule has 0 atom stereocenters. The van der Waals surface area contributed by atoms with E-state index in [1.54, 1.807) is 46.8 Å². The molecule has 0 aliphatic carbocycles. The number of benzene rings is 2. The van der Waals surface area contributed by atoms with Crippen molar-refractivity contribution >= 4 is 22.3 Å². The lowest BCUT2D eigenvalue weighted by Gasteiger charge is -2.12. The zero-order valence-electron chi connectivity index (χ0n) is 15.0. The van der Waals surface area contributed by atoms with Crippen LogP contribution in [0, 0.1) is 0 Å². The van der Waals surface area contributed by atoms with E-state index < -0.39 is 0 Å². The van der Waals surface area contributed by atoms with Gasteiger partial charge in [0.15, 0.2) is 11.5 Å². The zero-order valence-corrected chi connectivity index (χ0v) is 15.0. The van der Waals surface area contributed by atoms with Gasteiger partial charge in [0.25, 0.3) is 0 Å². The Morgan fingerprint density at radius 2 is 1.46 bits per heavy atom. The Morgan fingerprint density at radius 3 is 2.08 bits per heavy atom. The van der Waals surface area contributed by atoms with Crippen LogP contribution in [0.15, 0.2) is 52.8 Å². The van der Waals surface area contributed by atoms with Crippen molar-refractivity contribution in [3.63, 3.8) is 0 Å². The van der Waals surface area contributed by atoms with Gasteiger partial charge < -0.3 is 18.9 Å². The number of nitrogens with zero attached hydrogens (tertiary/aromatic N) is 3. The first-order valence-electron chi connectivity index (χ1n) is 7.85. The molecule has 0 radical (unpaired) electrons. The lowest BCUT2D eigenvalue weighted by Crippen LogP contribution is -1.94. The maximum Gasteiger partial charge on any atom is 0.203 e. The summed E-state index contributed by atoms with van der Waals surface area (Å²) in [7, 11) is 6.28. The van der Waals surface area contributed by atoms with Crippen LogP contribution in [0.3, 0.4) is 0 Å². The van der Waals surface area contributed by atoms with E-state index in [0.29, 0.717) is 34.4 Å². The molecule has 2 aromatic carbocycles. The van der Waals surface area contributed by atoms with Crippen molar-refractivity contribution in [3.8, 4) is 23.0 Å². The second-order valence-corrected chi connectivity index (χ2v) is 5.27. The van der Waals surface area contributed by atoms with E-state index in [4.69, 9.17) is 18.9 Å². The van der Waals surface area contributed by atoms with Gasteiger partial charge in [0.05, 0.1) is 39.8 Å². The molecular weight excluding hydrogens is 334 g/mol. The van der Waals surface area contributed by atoms with Crippen LogP contribution >= 0.6 is 0 Å². The first-order valence-corrected chi connectivity index (χ1v) is 7.85. The molecule has 0 fully saturated rings. The summed E-state index contributed by atoms with van der Waals surface area (Å²) in [6.45, 7) is 0. The Kier molecular flexibility index (Phi) is 5.17. The summed E-state index contributed by atoms with van der Waals surface area (Å²) in [5.74, 6) is 2.23. The Hall–Kier alpha value is -3.35. The molecule has 0 saturated heterocycles. The number of methoxy groups -OCH3 is 4. The summed E-state index contributed by atoms with van der Waals surface area (Å²) in [6.07, 6.45) is 1.71. The van der Waals surface area contributed by atoms with Gasteiger partial charge in [0, 0.05) is 23.7 Å². The minimum atomic E-state index is 0.507. The van der Waals surface area contributed by atoms with E-state index >= 15 is 0 Å². The van der Waals surface area contributed by atoms with E-state index in [0.717, 1.165) is 10.9 Å². The van der Waals surface area contributed by atoms with Gasteiger partial charge in [0.2, 0.25) is 5.75 Å². The Balaban J connectivity index is 2.05. The van der Waals surface area contributed by atoms with Gasteiger partial charge in [-0.2, -0.15) is 5.11 Å². The van der Waals surface area contributed by atoms with Crippen molar-refractivity contribution in [3.05, 3.63) is 42.6 Å². The molecule has 0 bridgehead atoms. The quantitative estimate of drug-likeness (QED) is 0.601. The number of pyridine rings is 1. The van der Waals surface area contributed by atoms with E-state index in [1.165, 1.54) is 0 Å². The Morgan fingerprint density at radius 1 is 0.769 bits per heavy atom. The van der Waals surface area contributed by atoms with Crippen LogP contribution in [0.2, 0.25) is 0 Å². The van der Waals surface area contributed by atoms with Gasteiger partial charge in [0.1, 0.15) is 11.3 Å². The third-order valence-corrected chi connectivity index (χ3v) is 3.85. The van der Waals surface area contributed by atoms with Crippen LogP contribution in [0.4, 0.5) is 11.4 Å². The predicted molar refractivity (Wildman–Crippen MR) is 98.6 cm³/mol. The summed E-state index contributed by atoms with van der Waals surface area (Å²) >= 11 is 0. The monoisotopic (exact) mass is 353 g/mol. The fraction of sp³-hybridized carbons (Fsp3) is 0.211. The van der Waals surface area contributed by atoms with Gasteiger partial charge >= 0.3 is 0 Å². The highest BCUT2D eigenvalue weighted by Gasteiger charge is 2.13. The molecule has 1 heterocycles. The smallest absolute Gasteiger partial charge is 0.203 e. The maximum atomic E-state index is 5.35. The third kappa shape index (κ3) is 3.23. The fourth-order valence-electron chi connectivity index (χ4n) is 2.62. The number of hydrogen-bond donors (Lipinski definition) is 0.